The minimum Gasteiger partial charge on any atom is -0.457 e. The first-order valence-electron chi connectivity index (χ1n) is 20.9. The fraction of sp³-hybridized carbons (Fsp3) is 0.750. The third-order valence-electron chi connectivity index (χ3n) is 9.17. The largest absolute Gasteiger partial charge is 0.457 e. The summed E-state index contributed by atoms with van der Waals surface area (Å²) in [6, 6.07) is 0. The van der Waals surface area contributed by atoms with Crippen LogP contribution in [0, 0.1) is 0 Å². The summed E-state index contributed by atoms with van der Waals surface area (Å²) in [4.78, 5) is 12.7. The van der Waals surface area contributed by atoms with E-state index < -0.39 is 43.4 Å². The van der Waals surface area contributed by atoms with Crippen LogP contribution in [0.3, 0.4) is 0 Å². The number of rotatable bonds is 34. The predicted octanol–water partition coefficient (Wildman–Crippen LogP) is 8.74. The summed E-state index contributed by atoms with van der Waals surface area (Å²) in [6.07, 6.45) is 36.7. The first kappa shape index (κ1) is 48.9. The van der Waals surface area contributed by atoms with Crippen LogP contribution in [0.15, 0.2) is 60.8 Å². The summed E-state index contributed by atoms with van der Waals surface area (Å²) in [5.74, 6) is -0.339. The fourth-order valence-corrected chi connectivity index (χ4v) is 5.89. The van der Waals surface area contributed by atoms with Gasteiger partial charge in [0.25, 0.3) is 0 Å². The number of aliphatic hydroxyl groups is 4. The van der Waals surface area contributed by atoms with Crippen molar-refractivity contribution in [3.05, 3.63) is 60.8 Å². The van der Waals surface area contributed by atoms with Gasteiger partial charge in [0.1, 0.15) is 30.5 Å². The van der Waals surface area contributed by atoms with E-state index in [1.165, 1.54) is 32.1 Å². The molecular formula is C44H76O9. The molecule has 0 aromatic heterocycles. The molecule has 53 heavy (non-hydrogen) atoms. The van der Waals surface area contributed by atoms with Crippen molar-refractivity contribution in [2.75, 3.05) is 26.4 Å². The Kier molecular flexibility index (Phi) is 32.8. The Morgan fingerprint density at radius 2 is 1.15 bits per heavy atom. The zero-order valence-corrected chi connectivity index (χ0v) is 33.2. The number of ether oxygens (including phenoxy) is 4. The highest BCUT2D eigenvalue weighted by Crippen LogP contribution is 2.22. The Hall–Kier alpha value is -2.11. The maximum Gasteiger partial charge on any atom is 0.306 e. The van der Waals surface area contributed by atoms with Crippen molar-refractivity contribution in [1.82, 2.24) is 0 Å². The standard InChI is InChI=1S/C44H76O9/c1-3-5-7-9-11-13-15-17-19-20-21-23-25-27-29-31-33-40(46)52-38(37-51-44-43(49)42(48)41(47)39(35-45)53-44)36-50-34-32-30-28-26-24-22-18-16-14-12-10-8-6-4-2/h6,8,12-15,18-20,22,38-39,41-45,47-49H,3-5,7,9-11,16-17,21,23-37H2,1-2H3/b8-6-,14-12-,15-13-,20-19-,22-18-. The summed E-state index contributed by atoms with van der Waals surface area (Å²) in [7, 11) is 0. The van der Waals surface area contributed by atoms with E-state index in [2.05, 4.69) is 74.6 Å². The summed E-state index contributed by atoms with van der Waals surface area (Å²) >= 11 is 0. The first-order chi connectivity index (χ1) is 25.9. The molecule has 1 aliphatic heterocycles. The molecule has 0 aromatic carbocycles. The Labute approximate surface area is 322 Å². The molecule has 0 saturated carbocycles. The molecule has 1 aliphatic rings. The highest BCUT2D eigenvalue weighted by Gasteiger charge is 2.44. The Bertz CT molecular complexity index is 989. The molecule has 0 bridgehead atoms. The maximum atomic E-state index is 12.7. The Morgan fingerprint density at radius 3 is 1.74 bits per heavy atom. The van der Waals surface area contributed by atoms with Gasteiger partial charge in [0.15, 0.2) is 6.29 Å². The van der Waals surface area contributed by atoms with Gasteiger partial charge in [0.2, 0.25) is 0 Å². The lowest BCUT2D eigenvalue weighted by molar-refractivity contribution is -0.305. The van der Waals surface area contributed by atoms with Crippen molar-refractivity contribution >= 4 is 5.97 Å². The minimum absolute atomic E-state index is 0.121. The van der Waals surface area contributed by atoms with Gasteiger partial charge in [-0.15, -0.1) is 0 Å². The van der Waals surface area contributed by atoms with Crippen molar-refractivity contribution in [2.24, 2.45) is 0 Å². The molecule has 0 aromatic rings. The number of unbranched alkanes of at least 4 members (excludes halogenated alkanes) is 13. The van der Waals surface area contributed by atoms with Crippen LogP contribution in [0.1, 0.15) is 149 Å². The number of allylic oxidation sites excluding steroid dienone is 10. The number of hydrogen-bond acceptors (Lipinski definition) is 9. The van der Waals surface area contributed by atoms with E-state index in [-0.39, 0.29) is 19.2 Å². The second-order valence-electron chi connectivity index (χ2n) is 14.0. The Morgan fingerprint density at radius 1 is 0.623 bits per heavy atom. The second kappa shape index (κ2) is 35.6. The fourth-order valence-electron chi connectivity index (χ4n) is 5.89. The van der Waals surface area contributed by atoms with E-state index in [0.717, 1.165) is 96.3 Å². The number of aliphatic hydroxyl groups excluding tert-OH is 4. The van der Waals surface area contributed by atoms with Gasteiger partial charge in [0.05, 0.1) is 19.8 Å². The van der Waals surface area contributed by atoms with Crippen LogP contribution in [0.5, 0.6) is 0 Å². The van der Waals surface area contributed by atoms with E-state index in [9.17, 15) is 25.2 Å². The lowest BCUT2D eigenvalue weighted by atomic mass is 9.99. The number of hydrogen-bond donors (Lipinski definition) is 4. The second-order valence-corrected chi connectivity index (χ2v) is 14.0. The van der Waals surface area contributed by atoms with Crippen LogP contribution in [-0.4, -0.2) is 89.6 Å². The smallest absolute Gasteiger partial charge is 0.306 e. The van der Waals surface area contributed by atoms with Gasteiger partial charge in [-0.1, -0.05) is 126 Å². The van der Waals surface area contributed by atoms with E-state index in [1.807, 2.05) is 0 Å². The van der Waals surface area contributed by atoms with Crippen LogP contribution in [0.25, 0.3) is 0 Å². The molecule has 0 aliphatic carbocycles. The highest BCUT2D eigenvalue weighted by molar-refractivity contribution is 5.69. The molecule has 6 unspecified atom stereocenters. The van der Waals surface area contributed by atoms with E-state index >= 15 is 0 Å². The SMILES string of the molecule is CC/C=C\C/C=C\C/C=C\CCCCCCOCC(COC1OC(CO)C(O)C(O)C1O)OC(=O)CCCCCCC/C=C\C/C=C\CCCCCC. The molecule has 9 heteroatoms. The zero-order valence-electron chi connectivity index (χ0n) is 33.2. The molecule has 6 atom stereocenters. The number of esters is 1. The van der Waals surface area contributed by atoms with Crippen LogP contribution in [-0.2, 0) is 23.7 Å². The normalized spacial score (nSPS) is 21.7. The summed E-state index contributed by atoms with van der Waals surface area (Å²) < 4.78 is 22.7. The number of carbonyl (C=O) groups excluding carboxylic acids is 1. The van der Waals surface area contributed by atoms with Gasteiger partial charge in [-0.2, -0.15) is 0 Å². The van der Waals surface area contributed by atoms with Crippen molar-refractivity contribution in [3.8, 4) is 0 Å². The van der Waals surface area contributed by atoms with Crippen molar-refractivity contribution < 1.29 is 44.2 Å². The summed E-state index contributed by atoms with van der Waals surface area (Å²) in [5.41, 5.74) is 0. The van der Waals surface area contributed by atoms with E-state index in [4.69, 9.17) is 18.9 Å². The molecule has 1 rings (SSSR count). The molecule has 1 saturated heterocycles. The molecule has 9 nitrogen and oxygen atoms in total. The first-order valence-corrected chi connectivity index (χ1v) is 20.9. The zero-order chi connectivity index (χ0) is 38.6. The van der Waals surface area contributed by atoms with Gasteiger partial charge in [-0.25, -0.2) is 0 Å². The summed E-state index contributed by atoms with van der Waals surface area (Å²) in [5, 5.41) is 40.0. The van der Waals surface area contributed by atoms with Crippen LogP contribution >= 0.6 is 0 Å². The third-order valence-corrected chi connectivity index (χ3v) is 9.17. The molecule has 0 radical (unpaired) electrons. The van der Waals surface area contributed by atoms with Crippen molar-refractivity contribution in [2.45, 2.75) is 185 Å². The van der Waals surface area contributed by atoms with Crippen LogP contribution in [0.2, 0.25) is 0 Å². The third kappa shape index (κ3) is 27.2. The monoisotopic (exact) mass is 749 g/mol. The lowest BCUT2D eigenvalue weighted by Gasteiger charge is -2.39. The van der Waals surface area contributed by atoms with Gasteiger partial charge in [0, 0.05) is 13.0 Å². The average Bonchev–Trinajstić information content (AvgIpc) is 3.16. The predicted molar refractivity (Wildman–Crippen MR) is 214 cm³/mol. The van der Waals surface area contributed by atoms with Gasteiger partial charge < -0.3 is 39.4 Å². The topological polar surface area (TPSA) is 135 Å². The molecule has 1 fully saturated rings. The molecule has 4 N–H and O–H groups in total. The molecule has 1 heterocycles. The Balaban J connectivity index is 2.33. The quantitative estimate of drug-likeness (QED) is 0.0290. The summed E-state index contributed by atoms with van der Waals surface area (Å²) in [6.45, 7) is 4.34. The van der Waals surface area contributed by atoms with Crippen LogP contribution in [0.4, 0.5) is 0 Å². The molecule has 306 valence electrons. The van der Waals surface area contributed by atoms with E-state index in [1.54, 1.807) is 0 Å². The van der Waals surface area contributed by atoms with Gasteiger partial charge in [-0.3, -0.25) is 4.79 Å². The maximum absolute atomic E-state index is 12.7. The van der Waals surface area contributed by atoms with Crippen molar-refractivity contribution in [3.63, 3.8) is 0 Å². The van der Waals surface area contributed by atoms with Crippen molar-refractivity contribution in [1.29, 1.82) is 0 Å². The van der Waals surface area contributed by atoms with Gasteiger partial charge >= 0.3 is 5.97 Å². The van der Waals surface area contributed by atoms with E-state index in [0.29, 0.717) is 13.0 Å². The minimum atomic E-state index is -1.54. The lowest BCUT2D eigenvalue weighted by Crippen LogP contribution is -2.59. The van der Waals surface area contributed by atoms with Crippen LogP contribution < -0.4 is 0 Å². The highest BCUT2D eigenvalue weighted by atomic mass is 16.7. The average molecular weight is 749 g/mol. The molecular weight excluding hydrogens is 672 g/mol. The molecule has 0 amide bonds. The number of carbonyl (C=O) groups is 1. The van der Waals surface area contributed by atoms with Gasteiger partial charge in [-0.05, 0) is 77.0 Å². The molecule has 0 spiro atoms.